The van der Waals surface area contributed by atoms with E-state index < -0.39 is 23.8 Å². The lowest BCUT2D eigenvalue weighted by atomic mass is 10.1. The van der Waals surface area contributed by atoms with E-state index in [2.05, 4.69) is 15.6 Å². The summed E-state index contributed by atoms with van der Waals surface area (Å²) < 4.78 is 32.5. The normalized spacial score (nSPS) is 11.3. The number of fused-ring (bicyclic) bond motifs is 1. The van der Waals surface area contributed by atoms with Gasteiger partial charge in [0.25, 0.3) is 0 Å². The van der Waals surface area contributed by atoms with Gasteiger partial charge in [0, 0.05) is 31.6 Å². The third-order valence-corrected chi connectivity index (χ3v) is 6.27. The summed E-state index contributed by atoms with van der Waals surface area (Å²) in [5.41, 5.74) is 0.522. The van der Waals surface area contributed by atoms with Gasteiger partial charge >= 0.3 is 6.09 Å². The fourth-order valence-corrected chi connectivity index (χ4v) is 3.96. The second-order valence-electron chi connectivity index (χ2n) is 8.37. The summed E-state index contributed by atoms with van der Waals surface area (Å²) in [6, 6.07) is 9.71. The summed E-state index contributed by atoms with van der Waals surface area (Å²) >= 11 is 5.98. The highest BCUT2D eigenvalue weighted by atomic mass is 35.5. The zero-order valence-corrected chi connectivity index (χ0v) is 20.9. The second kappa shape index (κ2) is 14.8. The Balaban J connectivity index is 0.00000507. The van der Waals surface area contributed by atoms with Crippen molar-refractivity contribution in [2.75, 3.05) is 25.5 Å². The minimum Gasteiger partial charge on any atom is -0.447 e. The van der Waals surface area contributed by atoms with Gasteiger partial charge in [-0.15, -0.1) is 0 Å². The molecule has 3 amide bonds. The van der Waals surface area contributed by atoms with Crippen molar-refractivity contribution in [3.63, 3.8) is 0 Å². The van der Waals surface area contributed by atoms with Crippen LogP contribution in [0.25, 0.3) is 10.8 Å². The number of amides is 3. The average Bonchev–Trinajstić information content (AvgIpc) is 2.88. The topological polar surface area (TPSA) is 101 Å². The van der Waals surface area contributed by atoms with Gasteiger partial charge in [-0.1, -0.05) is 31.2 Å². The first-order chi connectivity index (χ1) is 17.8. The first-order valence-electron chi connectivity index (χ1n) is 11.6. The number of aromatic nitrogens is 1. The van der Waals surface area contributed by atoms with E-state index in [0.717, 1.165) is 0 Å². The molecule has 0 aliphatic rings. The van der Waals surface area contributed by atoms with Gasteiger partial charge in [-0.3, -0.25) is 14.9 Å². The van der Waals surface area contributed by atoms with Crippen LogP contribution in [0, 0.1) is 11.6 Å². The van der Waals surface area contributed by atoms with Crippen LogP contribution in [0.3, 0.4) is 0 Å². The highest BCUT2D eigenvalue weighted by Crippen LogP contribution is 2.22. The molecule has 0 aliphatic heterocycles. The van der Waals surface area contributed by atoms with Crippen LogP contribution in [0.4, 0.5) is 19.4 Å². The fourth-order valence-electron chi connectivity index (χ4n) is 3.74. The highest BCUT2D eigenvalue weighted by molar-refractivity contribution is 6.31. The van der Waals surface area contributed by atoms with Crippen molar-refractivity contribution < 1.29 is 27.9 Å². The lowest BCUT2D eigenvalue weighted by molar-refractivity contribution is -0.133. The van der Waals surface area contributed by atoms with Crippen LogP contribution in [0.5, 0.6) is 0 Å². The summed E-state index contributed by atoms with van der Waals surface area (Å²) in [6.07, 6.45) is 2.61. The molecule has 0 saturated carbocycles. The Hall–Kier alpha value is -3.79. The molecule has 1 aromatic heterocycles. The number of carbonyl (C=O) groups excluding carboxylic acids is 3. The summed E-state index contributed by atoms with van der Waals surface area (Å²) in [5.74, 6) is -1.01. The summed E-state index contributed by atoms with van der Waals surface area (Å²) in [5, 5.41) is 6.32. The van der Waals surface area contributed by atoms with E-state index in [1.165, 1.54) is 41.4 Å². The number of rotatable bonds is 12. The van der Waals surface area contributed by atoms with Crippen LogP contribution in [0.15, 0.2) is 48.7 Å². The maximum absolute atomic E-state index is 13.7. The molecule has 0 aliphatic carbocycles. The molecule has 2 N–H and O–H groups in total. The predicted molar refractivity (Wildman–Crippen MR) is 143 cm³/mol. The fraction of sp³-hybridized carbons (Fsp3) is 0.333. The molecule has 0 radical (unpaired) electrons. The number of nitrogens with zero attached hydrogens (tertiary/aromatic N) is 2. The smallest absolute Gasteiger partial charge is 0.412 e. The van der Waals surface area contributed by atoms with E-state index in [0.29, 0.717) is 42.1 Å². The third kappa shape index (κ3) is 8.65. The number of likely N-dealkylation sites (N-methyl/N-ethyl adjacent to an activating group) is 1. The molecule has 2 aromatic carbocycles. The van der Waals surface area contributed by atoms with Crippen molar-refractivity contribution in [2.45, 2.75) is 39.2 Å². The van der Waals surface area contributed by atoms with E-state index in [1.54, 1.807) is 19.2 Å². The maximum atomic E-state index is 13.7. The Labute approximate surface area is 225 Å². The molecule has 204 valence electrons. The number of aryl methyl sites for hydroxylation is 1. The number of anilines is 1. The van der Waals surface area contributed by atoms with Gasteiger partial charge < -0.3 is 15.0 Å². The number of nitrogens with one attached hydrogen (secondary N) is 2. The lowest BCUT2D eigenvalue weighted by Crippen LogP contribution is -2.41. The number of halogens is 3. The van der Waals surface area contributed by atoms with Crippen molar-refractivity contribution in [1.82, 2.24) is 15.2 Å². The Morgan fingerprint density at radius 2 is 1.97 bits per heavy atom. The standard InChI is InChI=1S/C26H27ClF2N4O4.CH4/c1-33(24(35)10-8-17-4-2-6-22(29)25(17)27)21(5-3-11-30-16-34)15-37-26(36)32-23-13-19-12-20(28)9-7-18(19)14-31-23;/h2,4,6-7,9,12-14,16,21H,3,5,8,10-11,15H2,1H3,(H,30,34)(H,31,32,36);1H4/t21-;/m0./s1. The molecule has 8 nitrogen and oxygen atoms in total. The Morgan fingerprint density at radius 3 is 2.74 bits per heavy atom. The van der Waals surface area contributed by atoms with Gasteiger partial charge in [-0.2, -0.15) is 0 Å². The molecular weight excluding hydrogens is 518 g/mol. The number of hydrogen-bond donors (Lipinski definition) is 2. The van der Waals surface area contributed by atoms with Crippen molar-refractivity contribution in [1.29, 1.82) is 0 Å². The van der Waals surface area contributed by atoms with Gasteiger partial charge in [0.15, 0.2) is 0 Å². The number of ether oxygens (including phenoxy) is 1. The van der Waals surface area contributed by atoms with Crippen molar-refractivity contribution in [3.05, 3.63) is 70.9 Å². The molecule has 3 rings (SSSR count). The highest BCUT2D eigenvalue weighted by Gasteiger charge is 2.22. The first-order valence-corrected chi connectivity index (χ1v) is 12.0. The van der Waals surface area contributed by atoms with E-state index in [-0.39, 0.29) is 43.6 Å². The average molecular weight is 549 g/mol. The second-order valence-corrected chi connectivity index (χ2v) is 8.75. The van der Waals surface area contributed by atoms with Crippen LogP contribution in [-0.2, 0) is 20.7 Å². The van der Waals surface area contributed by atoms with Crippen molar-refractivity contribution in [2.24, 2.45) is 0 Å². The number of carbonyl (C=O) groups is 3. The van der Waals surface area contributed by atoms with E-state index >= 15 is 0 Å². The Morgan fingerprint density at radius 1 is 1.18 bits per heavy atom. The van der Waals surface area contributed by atoms with E-state index in [9.17, 15) is 23.2 Å². The molecule has 3 aromatic rings. The summed E-state index contributed by atoms with van der Waals surface area (Å²) in [7, 11) is 1.59. The van der Waals surface area contributed by atoms with Crippen LogP contribution < -0.4 is 10.6 Å². The van der Waals surface area contributed by atoms with Gasteiger partial charge in [-0.25, -0.2) is 18.6 Å². The van der Waals surface area contributed by atoms with E-state index in [1.807, 2.05) is 0 Å². The number of hydrogen-bond acceptors (Lipinski definition) is 5. The predicted octanol–water partition coefficient (Wildman–Crippen LogP) is 5.34. The Kier molecular flexibility index (Phi) is 11.9. The molecular formula is C27H31ClF2N4O4. The molecule has 0 bridgehead atoms. The summed E-state index contributed by atoms with van der Waals surface area (Å²) in [6.45, 7) is 0.281. The van der Waals surface area contributed by atoms with Crippen LogP contribution >= 0.6 is 11.6 Å². The molecule has 0 spiro atoms. The minimum absolute atomic E-state index is 0. The number of benzene rings is 2. The van der Waals surface area contributed by atoms with Gasteiger partial charge in [-0.05, 0) is 60.5 Å². The molecule has 0 fully saturated rings. The largest absolute Gasteiger partial charge is 0.447 e. The molecule has 0 unspecified atom stereocenters. The van der Waals surface area contributed by atoms with Gasteiger partial charge in [0.2, 0.25) is 12.3 Å². The zero-order chi connectivity index (χ0) is 26.8. The van der Waals surface area contributed by atoms with Crippen molar-refractivity contribution in [3.8, 4) is 0 Å². The van der Waals surface area contributed by atoms with E-state index in [4.69, 9.17) is 16.3 Å². The summed E-state index contributed by atoms with van der Waals surface area (Å²) in [4.78, 5) is 41.4. The quantitative estimate of drug-likeness (QED) is 0.235. The zero-order valence-electron chi connectivity index (χ0n) is 20.2. The van der Waals surface area contributed by atoms with Crippen LogP contribution in [0.1, 0.15) is 32.3 Å². The third-order valence-electron chi connectivity index (χ3n) is 5.84. The van der Waals surface area contributed by atoms with Gasteiger partial charge in [0.1, 0.15) is 24.1 Å². The number of pyridine rings is 1. The molecule has 38 heavy (non-hydrogen) atoms. The Bertz CT molecular complexity index is 1260. The molecule has 1 atom stereocenters. The molecule has 11 heteroatoms. The molecule has 0 saturated heterocycles. The minimum atomic E-state index is -0.785. The lowest BCUT2D eigenvalue weighted by Gasteiger charge is -2.28. The SMILES string of the molecule is C.CN(C(=O)CCc1cccc(F)c1Cl)[C@@H](CCCNC=O)COC(=O)Nc1cc2cc(F)ccc2cn1. The maximum Gasteiger partial charge on any atom is 0.412 e. The molecule has 1 heterocycles. The van der Waals surface area contributed by atoms with Crippen molar-refractivity contribution >= 4 is 46.6 Å². The monoisotopic (exact) mass is 548 g/mol. The van der Waals surface area contributed by atoms with Crippen LogP contribution in [0.2, 0.25) is 5.02 Å². The van der Waals surface area contributed by atoms with Gasteiger partial charge in [0.05, 0.1) is 11.1 Å². The first kappa shape index (κ1) is 30.4. The van der Waals surface area contributed by atoms with Crippen LogP contribution in [-0.4, -0.2) is 54.5 Å².